The first-order valence-electron chi connectivity index (χ1n) is 10.6. The molecule has 3 rings (SSSR count). The molecule has 1 heterocycles. The summed E-state index contributed by atoms with van der Waals surface area (Å²) in [5, 5.41) is 3.33. The Bertz CT molecular complexity index is 789. The van der Waals surface area contributed by atoms with E-state index in [-0.39, 0.29) is 17.9 Å². The Kier molecular flexibility index (Phi) is 6.90. The maximum absolute atomic E-state index is 12.9. The van der Waals surface area contributed by atoms with Gasteiger partial charge >= 0.3 is 0 Å². The Morgan fingerprint density at radius 1 is 1.04 bits per heavy atom. The molecule has 0 spiro atoms. The van der Waals surface area contributed by atoms with Crippen molar-refractivity contribution < 1.29 is 4.79 Å². The van der Waals surface area contributed by atoms with Crippen LogP contribution in [0.3, 0.4) is 0 Å². The highest BCUT2D eigenvalue weighted by molar-refractivity contribution is 5.79. The third-order valence-electron chi connectivity index (χ3n) is 6.01. The molecule has 0 saturated carbocycles. The number of carbonyl (C=O) groups is 1. The summed E-state index contributed by atoms with van der Waals surface area (Å²) in [6.45, 7) is 11.5. The summed E-state index contributed by atoms with van der Waals surface area (Å²) in [6.07, 6.45) is 2.81. The van der Waals surface area contributed by atoms with Gasteiger partial charge in [-0.2, -0.15) is 0 Å². The van der Waals surface area contributed by atoms with Crippen LogP contribution in [0.1, 0.15) is 60.0 Å². The van der Waals surface area contributed by atoms with Crippen molar-refractivity contribution >= 4 is 5.91 Å². The normalized spacial score (nSPS) is 16.7. The maximum Gasteiger partial charge on any atom is 0.223 e. The van der Waals surface area contributed by atoms with Crippen molar-refractivity contribution in [3.63, 3.8) is 0 Å². The molecule has 28 heavy (non-hydrogen) atoms. The van der Waals surface area contributed by atoms with Crippen LogP contribution >= 0.6 is 0 Å². The number of nitrogens with one attached hydrogen (secondary N) is 1. The number of hydrogen-bond donors (Lipinski definition) is 1. The van der Waals surface area contributed by atoms with Gasteiger partial charge in [-0.25, -0.2) is 0 Å². The van der Waals surface area contributed by atoms with Gasteiger partial charge in [0.1, 0.15) is 0 Å². The van der Waals surface area contributed by atoms with E-state index in [9.17, 15) is 4.79 Å². The molecule has 1 aliphatic heterocycles. The molecule has 2 aromatic carbocycles. The Morgan fingerprint density at radius 2 is 1.68 bits per heavy atom. The van der Waals surface area contributed by atoms with Gasteiger partial charge in [0.25, 0.3) is 0 Å². The lowest BCUT2D eigenvalue weighted by atomic mass is 9.93. The summed E-state index contributed by atoms with van der Waals surface area (Å²) in [7, 11) is 0. The topological polar surface area (TPSA) is 32.3 Å². The van der Waals surface area contributed by atoms with E-state index in [0.717, 1.165) is 38.9 Å². The number of aryl methyl sites for hydroxylation is 3. The van der Waals surface area contributed by atoms with Gasteiger partial charge in [0, 0.05) is 12.5 Å². The molecule has 0 unspecified atom stereocenters. The van der Waals surface area contributed by atoms with Gasteiger partial charge < -0.3 is 5.32 Å². The number of rotatable bonds is 6. The van der Waals surface area contributed by atoms with E-state index in [1.807, 2.05) is 0 Å². The summed E-state index contributed by atoms with van der Waals surface area (Å²) in [6, 6.07) is 15.4. The highest BCUT2D eigenvalue weighted by Crippen LogP contribution is 2.24. The van der Waals surface area contributed by atoms with Crippen molar-refractivity contribution in [1.82, 2.24) is 10.2 Å². The largest absolute Gasteiger partial charge is 0.349 e. The molecule has 1 atom stereocenters. The SMILES string of the molecule is CC[C@H](NC(=O)C1CCN(Cc2ccc(C)cc2)CC1)c1ccc(C)cc1C. The highest BCUT2D eigenvalue weighted by atomic mass is 16.1. The first-order valence-corrected chi connectivity index (χ1v) is 10.6. The van der Waals surface area contributed by atoms with E-state index in [2.05, 4.69) is 80.4 Å². The molecule has 3 nitrogen and oxygen atoms in total. The summed E-state index contributed by atoms with van der Waals surface area (Å²) in [4.78, 5) is 15.4. The number of nitrogens with zero attached hydrogens (tertiary/aromatic N) is 1. The number of amides is 1. The molecule has 1 aliphatic rings. The predicted octanol–water partition coefficient (Wildman–Crippen LogP) is 5.09. The van der Waals surface area contributed by atoms with Crippen molar-refractivity contribution in [1.29, 1.82) is 0 Å². The van der Waals surface area contributed by atoms with E-state index in [0.29, 0.717) is 0 Å². The lowest BCUT2D eigenvalue weighted by molar-refractivity contribution is -0.127. The van der Waals surface area contributed by atoms with Crippen LogP contribution in [0.2, 0.25) is 0 Å². The van der Waals surface area contributed by atoms with Crippen LogP contribution in [0.25, 0.3) is 0 Å². The number of piperidine rings is 1. The zero-order chi connectivity index (χ0) is 20.1. The van der Waals surface area contributed by atoms with Gasteiger partial charge in [-0.15, -0.1) is 0 Å². The fourth-order valence-corrected chi connectivity index (χ4v) is 4.21. The molecule has 1 N–H and O–H groups in total. The van der Waals surface area contributed by atoms with Crippen molar-refractivity contribution in [2.24, 2.45) is 5.92 Å². The van der Waals surface area contributed by atoms with Crippen LogP contribution in [0.5, 0.6) is 0 Å². The van der Waals surface area contributed by atoms with Gasteiger partial charge in [0.15, 0.2) is 0 Å². The van der Waals surface area contributed by atoms with Crippen LogP contribution in [0, 0.1) is 26.7 Å². The lowest BCUT2D eigenvalue weighted by Crippen LogP contribution is -2.41. The summed E-state index contributed by atoms with van der Waals surface area (Å²) < 4.78 is 0. The Labute approximate surface area is 170 Å². The molecule has 2 aromatic rings. The van der Waals surface area contributed by atoms with Crippen LogP contribution in [0.15, 0.2) is 42.5 Å². The monoisotopic (exact) mass is 378 g/mol. The fourth-order valence-electron chi connectivity index (χ4n) is 4.21. The van der Waals surface area contributed by atoms with Gasteiger partial charge in [-0.05, 0) is 69.8 Å². The molecule has 150 valence electrons. The Balaban J connectivity index is 1.53. The quantitative estimate of drug-likeness (QED) is 0.759. The molecule has 1 amide bonds. The molecular formula is C25H34N2O. The van der Waals surface area contributed by atoms with Crippen LogP contribution in [-0.4, -0.2) is 23.9 Å². The Hall–Kier alpha value is -2.13. The number of hydrogen-bond acceptors (Lipinski definition) is 2. The third kappa shape index (κ3) is 5.23. The number of benzene rings is 2. The molecule has 3 heteroatoms. The average Bonchev–Trinajstić information content (AvgIpc) is 2.69. The van der Waals surface area contributed by atoms with Crippen LogP contribution in [-0.2, 0) is 11.3 Å². The number of carbonyl (C=O) groups excluding carboxylic acids is 1. The van der Waals surface area contributed by atoms with E-state index in [1.165, 1.54) is 27.8 Å². The van der Waals surface area contributed by atoms with Crippen LogP contribution in [0.4, 0.5) is 0 Å². The minimum Gasteiger partial charge on any atom is -0.349 e. The van der Waals surface area contributed by atoms with Crippen LogP contribution < -0.4 is 5.32 Å². The molecule has 0 aromatic heterocycles. The first-order chi connectivity index (χ1) is 13.5. The van der Waals surface area contributed by atoms with E-state index >= 15 is 0 Å². The second-order valence-corrected chi connectivity index (χ2v) is 8.37. The highest BCUT2D eigenvalue weighted by Gasteiger charge is 2.26. The zero-order valence-electron chi connectivity index (χ0n) is 17.8. The Morgan fingerprint density at radius 3 is 2.29 bits per heavy atom. The van der Waals surface area contributed by atoms with Gasteiger partial charge in [0.2, 0.25) is 5.91 Å². The third-order valence-corrected chi connectivity index (χ3v) is 6.01. The molecule has 1 saturated heterocycles. The van der Waals surface area contributed by atoms with E-state index in [1.54, 1.807) is 0 Å². The van der Waals surface area contributed by atoms with E-state index in [4.69, 9.17) is 0 Å². The molecule has 0 aliphatic carbocycles. The smallest absolute Gasteiger partial charge is 0.223 e. The second-order valence-electron chi connectivity index (χ2n) is 8.37. The average molecular weight is 379 g/mol. The maximum atomic E-state index is 12.9. The van der Waals surface area contributed by atoms with Crippen molar-refractivity contribution in [3.05, 3.63) is 70.3 Å². The zero-order valence-corrected chi connectivity index (χ0v) is 17.8. The van der Waals surface area contributed by atoms with Crippen molar-refractivity contribution in [2.75, 3.05) is 13.1 Å². The predicted molar refractivity (Wildman–Crippen MR) is 116 cm³/mol. The minimum absolute atomic E-state index is 0.110. The van der Waals surface area contributed by atoms with Gasteiger partial charge in [-0.3, -0.25) is 9.69 Å². The fraction of sp³-hybridized carbons (Fsp3) is 0.480. The summed E-state index contributed by atoms with van der Waals surface area (Å²) >= 11 is 0. The van der Waals surface area contributed by atoms with Gasteiger partial charge in [0.05, 0.1) is 6.04 Å². The summed E-state index contributed by atoms with van der Waals surface area (Å²) in [5.74, 6) is 0.357. The molecular weight excluding hydrogens is 344 g/mol. The molecule has 0 radical (unpaired) electrons. The number of likely N-dealkylation sites (tertiary alicyclic amines) is 1. The molecule has 0 bridgehead atoms. The van der Waals surface area contributed by atoms with Gasteiger partial charge in [-0.1, -0.05) is 60.5 Å². The van der Waals surface area contributed by atoms with E-state index < -0.39 is 0 Å². The second kappa shape index (κ2) is 9.38. The van der Waals surface area contributed by atoms with Crippen molar-refractivity contribution in [3.8, 4) is 0 Å². The summed E-state index contributed by atoms with van der Waals surface area (Å²) in [5.41, 5.74) is 6.43. The first kappa shape index (κ1) is 20.6. The standard InChI is InChI=1S/C25H34N2O/c1-5-24(23-11-8-19(3)16-20(23)4)26-25(28)22-12-14-27(15-13-22)17-21-9-6-18(2)7-10-21/h6-11,16,22,24H,5,12-15,17H2,1-4H3,(H,26,28)/t24-/m0/s1. The minimum atomic E-state index is 0.110. The van der Waals surface area contributed by atoms with Crippen molar-refractivity contribution in [2.45, 2.75) is 59.5 Å². The molecule has 1 fully saturated rings. The lowest BCUT2D eigenvalue weighted by Gasteiger charge is -2.32.